The van der Waals surface area contributed by atoms with Crippen molar-refractivity contribution in [1.82, 2.24) is 24.6 Å². The molecule has 2 aromatic heterocycles. The highest BCUT2D eigenvalue weighted by Crippen LogP contribution is 2.30. The summed E-state index contributed by atoms with van der Waals surface area (Å²) in [6.45, 7) is 3.47. The fraction of sp³-hybridized carbons (Fsp3) is 0.286. The minimum Gasteiger partial charge on any atom is -0.322 e. The molecule has 1 saturated heterocycles. The lowest BCUT2D eigenvalue weighted by Gasteiger charge is -2.34. The van der Waals surface area contributed by atoms with Gasteiger partial charge >= 0.3 is 12.2 Å². The van der Waals surface area contributed by atoms with E-state index in [-0.39, 0.29) is 11.7 Å². The number of aromatic nitrogens is 3. The molecule has 3 aromatic rings. The van der Waals surface area contributed by atoms with Crippen LogP contribution in [0.5, 0.6) is 0 Å². The van der Waals surface area contributed by atoms with E-state index in [0.29, 0.717) is 18.8 Å². The number of urea groups is 1. The molecular weight excluding hydrogens is 409 g/mol. The van der Waals surface area contributed by atoms with E-state index < -0.39 is 11.7 Å². The van der Waals surface area contributed by atoms with Crippen LogP contribution in [0.3, 0.4) is 0 Å². The average Bonchev–Trinajstić information content (AvgIpc) is 3.23. The van der Waals surface area contributed by atoms with Crippen molar-refractivity contribution in [3.8, 4) is 5.69 Å². The number of nitrogens with zero attached hydrogens (tertiary/aromatic N) is 5. The second-order valence-electron chi connectivity index (χ2n) is 7.27. The number of hydrogen-bond acceptors (Lipinski definition) is 4. The largest absolute Gasteiger partial charge is 0.416 e. The van der Waals surface area contributed by atoms with Gasteiger partial charge in [0.15, 0.2) is 0 Å². The Bertz CT molecular complexity index is 1030. The van der Waals surface area contributed by atoms with Gasteiger partial charge in [-0.25, -0.2) is 9.48 Å². The van der Waals surface area contributed by atoms with Gasteiger partial charge < -0.3 is 10.2 Å². The van der Waals surface area contributed by atoms with Gasteiger partial charge in [-0.1, -0.05) is 6.07 Å². The Labute approximate surface area is 177 Å². The lowest BCUT2D eigenvalue weighted by molar-refractivity contribution is -0.137. The van der Waals surface area contributed by atoms with Crippen LogP contribution >= 0.6 is 0 Å². The highest BCUT2D eigenvalue weighted by Gasteiger charge is 2.30. The summed E-state index contributed by atoms with van der Waals surface area (Å²) >= 11 is 0. The molecule has 1 fully saturated rings. The van der Waals surface area contributed by atoms with E-state index in [1.807, 2.05) is 12.1 Å². The molecule has 162 valence electrons. The molecule has 2 amide bonds. The Kier molecular flexibility index (Phi) is 5.90. The molecule has 0 atom stereocenters. The number of hydrogen-bond donors (Lipinski definition) is 1. The van der Waals surface area contributed by atoms with Gasteiger partial charge in [0.2, 0.25) is 0 Å². The first-order valence-electron chi connectivity index (χ1n) is 9.78. The molecule has 0 aliphatic carbocycles. The van der Waals surface area contributed by atoms with Crippen molar-refractivity contribution in [2.75, 3.05) is 31.5 Å². The normalized spacial score (nSPS) is 15.1. The molecule has 0 radical (unpaired) electrons. The minimum atomic E-state index is -4.43. The van der Waals surface area contributed by atoms with E-state index in [1.54, 1.807) is 17.3 Å². The van der Waals surface area contributed by atoms with E-state index in [2.05, 4.69) is 20.3 Å². The molecule has 0 spiro atoms. The van der Waals surface area contributed by atoms with Crippen molar-refractivity contribution in [1.29, 1.82) is 0 Å². The van der Waals surface area contributed by atoms with Gasteiger partial charge in [-0.15, -0.1) is 0 Å². The SMILES string of the molecule is O=C(Nc1cnn(-c2cccc(C(F)(F)F)c2)c1)N1CCN(Cc2ccncc2)CC1. The van der Waals surface area contributed by atoms with Crippen LogP contribution in [0.15, 0.2) is 61.2 Å². The highest BCUT2D eigenvalue weighted by molar-refractivity contribution is 5.89. The number of carbonyl (C=O) groups excluding carboxylic acids is 1. The number of carbonyl (C=O) groups is 1. The molecule has 10 heteroatoms. The summed E-state index contributed by atoms with van der Waals surface area (Å²) in [5.74, 6) is 0. The van der Waals surface area contributed by atoms with E-state index in [9.17, 15) is 18.0 Å². The van der Waals surface area contributed by atoms with Gasteiger partial charge in [-0.3, -0.25) is 9.88 Å². The Morgan fingerprint density at radius 2 is 1.81 bits per heavy atom. The van der Waals surface area contributed by atoms with E-state index in [1.165, 1.54) is 34.8 Å². The molecule has 0 unspecified atom stereocenters. The van der Waals surface area contributed by atoms with Gasteiger partial charge in [-0.2, -0.15) is 18.3 Å². The fourth-order valence-electron chi connectivity index (χ4n) is 3.41. The Morgan fingerprint density at radius 3 is 2.52 bits per heavy atom. The topological polar surface area (TPSA) is 66.3 Å². The number of halogens is 3. The number of alkyl halides is 3. The maximum absolute atomic E-state index is 12.9. The lowest BCUT2D eigenvalue weighted by atomic mass is 10.2. The molecule has 0 bridgehead atoms. The Morgan fingerprint density at radius 1 is 1.06 bits per heavy atom. The monoisotopic (exact) mass is 430 g/mol. The minimum absolute atomic E-state index is 0.257. The second kappa shape index (κ2) is 8.76. The average molecular weight is 430 g/mol. The zero-order chi connectivity index (χ0) is 21.8. The Hall–Kier alpha value is -3.40. The number of piperazine rings is 1. The quantitative estimate of drug-likeness (QED) is 0.687. The molecule has 1 N–H and O–H groups in total. The van der Waals surface area contributed by atoms with Crippen LogP contribution in [0.2, 0.25) is 0 Å². The molecule has 7 nitrogen and oxygen atoms in total. The number of rotatable bonds is 4. The van der Waals surface area contributed by atoms with Crippen LogP contribution in [0, 0.1) is 0 Å². The fourth-order valence-corrected chi connectivity index (χ4v) is 3.41. The zero-order valence-corrected chi connectivity index (χ0v) is 16.6. The number of nitrogens with one attached hydrogen (secondary N) is 1. The molecule has 4 rings (SSSR count). The summed E-state index contributed by atoms with van der Waals surface area (Å²) < 4.78 is 40.1. The van der Waals surface area contributed by atoms with Crippen LogP contribution in [0.4, 0.5) is 23.7 Å². The van der Waals surface area contributed by atoms with Crippen LogP contribution in [-0.4, -0.2) is 56.8 Å². The summed E-state index contributed by atoms with van der Waals surface area (Å²) in [5.41, 5.74) is 1.10. The lowest BCUT2D eigenvalue weighted by Crippen LogP contribution is -2.49. The van der Waals surface area contributed by atoms with Crippen molar-refractivity contribution in [3.63, 3.8) is 0 Å². The van der Waals surface area contributed by atoms with E-state index in [4.69, 9.17) is 0 Å². The van der Waals surface area contributed by atoms with Gasteiger partial charge in [-0.05, 0) is 35.9 Å². The first-order chi connectivity index (χ1) is 14.9. The third kappa shape index (κ3) is 5.21. The van der Waals surface area contributed by atoms with Crippen molar-refractivity contribution in [2.24, 2.45) is 0 Å². The van der Waals surface area contributed by atoms with Crippen LogP contribution < -0.4 is 5.32 Å². The molecule has 31 heavy (non-hydrogen) atoms. The van der Waals surface area contributed by atoms with Crippen molar-refractivity contribution < 1.29 is 18.0 Å². The standard InChI is InChI=1S/C21H21F3N6O/c22-21(23,24)17-2-1-3-19(12-17)30-15-18(13-26-30)27-20(31)29-10-8-28(9-11-29)14-16-4-6-25-7-5-16/h1-7,12-13,15H,8-11,14H2,(H,27,31). The second-order valence-corrected chi connectivity index (χ2v) is 7.27. The van der Waals surface area contributed by atoms with Crippen molar-refractivity contribution in [3.05, 3.63) is 72.3 Å². The van der Waals surface area contributed by atoms with Crippen LogP contribution in [0.1, 0.15) is 11.1 Å². The summed E-state index contributed by atoms with van der Waals surface area (Å²) in [6, 6.07) is 8.55. The summed E-state index contributed by atoms with van der Waals surface area (Å²) in [5, 5.41) is 6.84. The third-order valence-electron chi connectivity index (χ3n) is 5.09. The maximum atomic E-state index is 12.9. The smallest absolute Gasteiger partial charge is 0.322 e. The molecule has 3 heterocycles. The molecule has 1 aliphatic heterocycles. The van der Waals surface area contributed by atoms with Gasteiger partial charge in [0.25, 0.3) is 0 Å². The van der Waals surface area contributed by atoms with Gasteiger partial charge in [0, 0.05) is 45.1 Å². The van der Waals surface area contributed by atoms with Crippen molar-refractivity contribution >= 4 is 11.7 Å². The number of anilines is 1. The summed E-state index contributed by atoms with van der Waals surface area (Å²) in [6.07, 6.45) is 2.00. The molecular formula is C21H21F3N6O. The number of pyridine rings is 1. The zero-order valence-electron chi connectivity index (χ0n) is 16.6. The van der Waals surface area contributed by atoms with Crippen molar-refractivity contribution in [2.45, 2.75) is 12.7 Å². The van der Waals surface area contributed by atoms with E-state index in [0.717, 1.165) is 31.8 Å². The number of benzene rings is 1. The predicted molar refractivity (Wildman–Crippen MR) is 109 cm³/mol. The van der Waals surface area contributed by atoms with Crippen LogP contribution in [-0.2, 0) is 12.7 Å². The molecule has 1 aromatic carbocycles. The van der Waals surface area contributed by atoms with E-state index >= 15 is 0 Å². The first kappa shape index (κ1) is 20.9. The summed E-state index contributed by atoms with van der Waals surface area (Å²) in [4.78, 5) is 20.6. The summed E-state index contributed by atoms with van der Waals surface area (Å²) in [7, 11) is 0. The van der Waals surface area contributed by atoms with Crippen LogP contribution in [0.25, 0.3) is 5.69 Å². The molecule has 0 saturated carbocycles. The molecule has 1 aliphatic rings. The van der Waals surface area contributed by atoms with Gasteiger partial charge in [0.05, 0.1) is 29.3 Å². The number of amides is 2. The first-order valence-corrected chi connectivity index (χ1v) is 9.78. The maximum Gasteiger partial charge on any atom is 0.416 e. The predicted octanol–water partition coefficient (Wildman–Crippen LogP) is 3.64. The highest BCUT2D eigenvalue weighted by atomic mass is 19.4. The third-order valence-corrected chi connectivity index (χ3v) is 5.09. The Balaban J connectivity index is 1.33. The van der Waals surface area contributed by atoms with Gasteiger partial charge in [0.1, 0.15) is 0 Å².